The highest BCUT2D eigenvalue weighted by Gasteiger charge is 2.25. The van der Waals surface area contributed by atoms with E-state index in [1.54, 1.807) is 17.5 Å². The SMILES string of the molecule is Cc1nc2c(s1)[C@H](NC(=O)NCCc1ccccn1)CCC2. The van der Waals surface area contributed by atoms with Crippen molar-refractivity contribution in [1.29, 1.82) is 0 Å². The Balaban J connectivity index is 1.50. The fourth-order valence-electron chi connectivity index (χ4n) is 2.74. The number of fused-ring (bicyclic) bond motifs is 1. The molecule has 0 aliphatic heterocycles. The number of carbonyl (C=O) groups excluding carboxylic acids is 1. The van der Waals surface area contributed by atoms with E-state index in [0.717, 1.165) is 42.1 Å². The Labute approximate surface area is 134 Å². The Hall–Kier alpha value is -1.95. The van der Waals surface area contributed by atoms with E-state index in [9.17, 15) is 4.79 Å². The largest absolute Gasteiger partial charge is 0.338 e. The van der Waals surface area contributed by atoms with Gasteiger partial charge >= 0.3 is 6.03 Å². The summed E-state index contributed by atoms with van der Waals surface area (Å²) in [7, 11) is 0. The van der Waals surface area contributed by atoms with Gasteiger partial charge in [-0.3, -0.25) is 4.98 Å². The standard InChI is InChI=1S/C16H20N4OS/c1-11-19-13-6-4-7-14(15(13)22-11)20-16(21)18-10-8-12-5-2-3-9-17-12/h2-3,5,9,14H,4,6-8,10H2,1H3,(H2,18,20,21)/t14-/m1/s1. The molecule has 2 N–H and O–H groups in total. The summed E-state index contributed by atoms with van der Waals surface area (Å²) in [6, 6.07) is 5.80. The lowest BCUT2D eigenvalue weighted by atomic mass is 9.98. The van der Waals surface area contributed by atoms with Crippen LogP contribution in [0.1, 0.15) is 40.2 Å². The molecule has 0 spiro atoms. The monoisotopic (exact) mass is 316 g/mol. The first-order chi connectivity index (χ1) is 10.7. The average molecular weight is 316 g/mol. The van der Waals surface area contributed by atoms with Gasteiger partial charge < -0.3 is 10.6 Å². The minimum absolute atomic E-state index is 0.102. The summed E-state index contributed by atoms with van der Waals surface area (Å²) in [6.07, 6.45) is 5.60. The number of nitrogens with zero attached hydrogens (tertiary/aromatic N) is 2. The van der Waals surface area contributed by atoms with E-state index in [1.807, 2.05) is 25.1 Å². The lowest BCUT2D eigenvalue weighted by Crippen LogP contribution is -2.39. The highest BCUT2D eigenvalue weighted by Crippen LogP contribution is 2.33. The van der Waals surface area contributed by atoms with Crippen LogP contribution in [0.3, 0.4) is 0 Å². The van der Waals surface area contributed by atoms with Crippen LogP contribution in [0.2, 0.25) is 0 Å². The minimum Gasteiger partial charge on any atom is -0.338 e. The molecule has 1 aliphatic carbocycles. The Morgan fingerprint density at radius 1 is 1.45 bits per heavy atom. The van der Waals surface area contributed by atoms with Crippen LogP contribution in [0, 0.1) is 6.92 Å². The van der Waals surface area contributed by atoms with E-state index < -0.39 is 0 Å². The van der Waals surface area contributed by atoms with Gasteiger partial charge in [-0.1, -0.05) is 6.07 Å². The summed E-state index contributed by atoms with van der Waals surface area (Å²) in [5.41, 5.74) is 2.15. The van der Waals surface area contributed by atoms with Gasteiger partial charge in [0, 0.05) is 24.9 Å². The first-order valence-corrected chi connectivity index (χ1v) is 8.44. The fourth-order valence-corrected chi connectivity index (χ4v) is 3.80. The first kappa shape index (κ1) is 15.0. The van der Waals surface area contributed by atoms with E-state index in [2.05, 4.69) is 20.6 Å². The maximum absolute atomic E-state index is 12.1. The molecule has 0 saturated heterocycles. The van der Waals surface area contributed by atoms with E-state index in [1.165, 1.54) is 4.88 Å². The van der Waals surface area contributed by atoms with E-state index in [-0.39, 0.29) is 12.1 Å². The second kappa shape index (κ2) is 6.87. The van der Waals surface area contributed by atoms with Crippen molar-refractivity contribution < 1.29 is 4.79 Å². The molecule has 1 atom stereocenters. The van der Waals surface area contributed by atoms with Gasteiger partial charge in [0.05, 0.1) is 21.6 Å². The summed E-state index contributed by atoms with van der Waals surface area (Å²) in [4.78, 5) is 22.1. The number of aryl methyl sites for hydroxylation is 2. The van der Waals surface area contributed by atoms with Gasteiger partial charge in [-0.2, -0.15) is 0 Å². The molecular weight excluding hydrogens is 296 g/mol. The molecule has 116 valence electrons. The normalized spacial score (nSPS) is 16.9. The average Bonchev–Trinajstić information content (AvgIpc) is 2.90. The number of nitrogens with one attached hydrogen (secondary N) is 2. The molecule has 0 unspecified atom stereocenters. The Morgan fingerprint density at radius 2 is 2.36 bits per heavy atom. The van der Waals surface area contributed by atoms with Crippen molar-refractivity contribution in [2.24, 2.45) is 0 Å². The van der Waals surface area contributed by atoms with Gasteiger partial charge in [-0.15, -0.1) is 11.3 Å². The lowest BCUT2D eigenvalue weighted by Gasteiger charge is -2.22. The molecule has 0 bridgehead atoms. The second-order valence-corrected chi connectivity index (χ2v) is 6.69. The molecule has 3 rings (SSSR count). The van der Waals surface area contributed by atoms with Crippen molar-refractivity contribution in [3.8, 4) is 0 Å². The number of rotatable bonds is 4. The van der Waals surface area contributed by atoms with Crippen LogP contribution < -0.4 is 10.6 Å². The minimum atomic E-state index is -0.111. The van der Waals surface area contributed by atoms with Crippen molar-refractivity contribution >= 4 is 17.4 Å². The smallest absolute Gasteiger partial charge is 0.315 e. The molecular formula is C16H20N4OS. The molecule has 0 saturated carbocycles. The maximum Gasteiger partial charge on any atom is 0.315 e. The van der Waals surface area contributed by atoms with E-state index in [4.69, 9.17) is 0 Å². The molecule has 5 nitrogen and oxygen atoms in total. The Bertz CT molecular complexity index is 641. The Kier molecular flexibility index (Phi) is 4.68. The third-order valence-corrected chi connectivity index (χ3v) is 4.88. The Morgan fingerprint density at radius 3 is 3.18 bits per heavy atom. The number of carbonyl (C=O) groups is 1. The summed E-state index contributed by atoms with van der Waals surface area (Å²) >= 11 is 1.70. The van der Waals surface area contributed by atoms with Gasteiger partial charge in [-0.25, -0.2) is 9.78 Å². The predicted molar refractivity (Wildman–Crippen MR) is 87.0 cm³/mol. The van der Waals surface area contributed by atoms with Crippen LogP contribution in [-0.2, 0) is 12.8 Å². The van der Waals surface area contributed by atoms with Crippen molar-refractivity contribution in [3.63, 3.8) is 0 Å². The third-order valence-electron chi connectivity index (χ3n) is 3.76. The van der Waals surface area contributed by atoms with Crippen LogP contribution in [0.25, 0.3) is 0 Å². The number of pyridine rings is 1. The van der Waals surface area contributed by atoms with Crippen molar-refractivity contribution in [2.75, 3.05) is 6.54 Å². The number of thiazole rings is 1. The van der Waals surface area contributed by atoms with Gasteiger partial charge in [0.2, 0.25) is 0 Å². The highest BCUT2D eigenvalue weighted by atomic mass is 32.1. The van der Waals surface area contributed by atoms with Crippen molar-refractivity contribution in [3.05, 3.63) is 45.7 Å². The van der Waals surface area contributed by atoms with Crippen LogP contribution in [0.15, 0.2) is 24.4 Å². The van der Waals surface area contributed by atoms with Gasteiger partial charge in [-0.05, 0) is 38.3 Å². The van der Waals surface area contributed by atoms with Crippen LogP contribution in [-0.4, -0.2) is 22.5 Å². The van der Waals surface area contributed by atoms with Gasteiger partial charge in [0.25, 0.3) is 0 Å². The maximum atomic E-state index is 12.1. The summed E-state index contributed by atoms with van der Waals surface area (Å²) in [5, 5.41) is 7.06. The van der Waals surface area contributed by atoms with E-state index >= 15 is 0 Å². The molecule has 0 fully saturated rings. The summed E-state index contributed by atoms with van der Waals surface area (Å²) in [5.74, 6) is 0. The molecule has 1 aliphatic rings. The zero-order valence-electron chi connectivity index (χ0n) is 12.6. The molecule has 6 heteroatoms. The summed E-state index contributed by atoms with van der Waals surface area (Å²) < 4.78 is 0. The van der Waals surface area contributed by atoms with E-state index in [0.29, 0.717) is 6.54 Å². The topological polar surface area (TPSA) is 66.9 Å². The molecule has 2 heterocycles. The number of hydrogen-bond donors (Lipinski definition) is 2. The zero-order valence-corrected chi connectivity index (χ0v) is 13.4. The number of hydrogen-bond acceptors (Lipinski definition) is 4. The zero-order chi connectivity index (χ0) is 15.4. The predicted octanol–water partition coefficient (Wildman–Crippen LogP) is 2.77. The van der Waals surface area contributed by atoms with Crippen molar-refractivity contribution in [2.45, 2.75) is 38.6 Å². The molecule has 0 aromatic carbocycles. The van der Waals surface area contributed by atoms with Crippen LogP contribution >= 0.6 is 11.3 Å². The quantitative estimate of drug-likeness (QED) is 0.911. The number of amides is 2. The fraction of sp³-hybridized carbons (Fsp3) is 0.438. The first-order valence-electron chi connectivity index (χ1n) is 7.63. The lowest BCUT2D eigenvalue weighted by molar-refractivity contribution is 0.236. The molecule has 2 amide bonds. The third kappa shape index (κ3) is 3.62. The number of urea groups is 1. The van der Waals surface area contributed by atoms with Gasteiger partial charge in [0.15, 0.2) is 0 Å². The van der Waals surface area contributed by atoms with Crippen molar-refractivity contribution in [1.82, 2.24) is 20.6 Å². The molecule has 2 aromatic heterocycles. The summed E-state index contributed by atoms with van der Waals surface area (Å²) in [6.45, 7) is 2.61. The molecule has 0 radical (unpaired) electrons. The number of aromatic nitrogens is 2. The molecule has 22 heavy (non-hydrogen) atoms. The molecule has 2 aromatic rings. The van der Waals surface area contributed by atoms with Crippen LogP contribution in [0.5, 0.6) is 0 Å². The second-order valence-electron chi connectivity index (χ2n) is 5.46. The van der Waals surface area contributed by atoms with Gasteiger partial charge in [0.1, 0.15) is 0 Å². The van der Waals surface area contributed by atoms with Crippen LogP contribution in [0.4, 0.5) is 4.79 Å². The highest BCUT2D eigenvalue weighted by molar-refractivity contribution is 7.11.